The van der Waals surface area contributed by atoms with Gasteiger partial charge in [0.2, 0.25) is 5.91 Å². The Balaban J connectivity index is 1.44. The molecule has 3 N–H and O–H groups in total. The van der Waals surface area contributed by atoms with Crippen LogP contribution in [0.2, 0.25) is 0 Å². The number of ether oxygens (including phenoxy) is 1. The maximum absolute atomic E-state index is 13.8. The molecule has 162 valence electrons. The van der Waals surface area contributed by atoms with Crippen LogP contribution in [0, 0.1) is 17.3 Å². The molecule has 5 aliphatic carbocycles. The fourth-order valence-corrected chi connectivity index (χ4v) is 7.45. The number of hydrogen-bond donors (Lipinski definition) is 2. The molecule has 0 radical (unpaired) electrons. The highest BCUT2D eigenvalue weighted by Gasteiger charge is 2.62. The number of nitrogens with one attached hydrogen (secondary N) is 1. The summed E-state index contributed by atoms with van der Waals surface area (Å²) >= 11 is 0. The molecular formula is C26H36N2O2. The highest BCUT2D eigenvalue weighted by molar-refractivity contribution is 5.84. The number of benzene rings is 1. The van der Waals surface area contributed by atoms with Crippen LogP contribution in [0.5, 0.6) is 0 Å². The van der Waals surface area contributed by atoms with Gasteiger partial charge >= 0.3 is 0 Å². The van der Waals surface area contributed by atoms with Crippen LogP contribution < -0.4 is 11.1 Å². The summed E-state index contributed by atoms with van der Waals surface area (Å²) in [6.45, 7) is 0.683. The third kappa shape index (κ3) is 3.42. The summed E-state index contributed by atoms with van der Waals surface area (Å²) in [5, 5.41) is 3.48. The van der Waals surface area contributed by atoms with Crippen molar-refractivity contribution in [2.24, 2.45) is 23.0 Å². The maximum Gasteiger partial charge on any atom is 0.226 e. The lowest BCUT2D eigenvalue weighted by Gasteiger charge is -2.62. The van der Waals surface area contributed by atoms with Crippen molar-refractivity contribution in [2.75, 3.05) is 13.7 Å². The summed E-state index contributed by atoms with van der Waals surface area (Å²) in [6, 6.07) is 11.6. The second kappa shape index (κ2) is 7.80. The van der Waals surface area contributed by atoms with Crippen LogP contribution in [0.1, 0.15) is 63.4 Å². The normalized spacial score (nSPS) is 39.7. The van der Waals surface area contributed by atoms with Gasteiger partial charge < -0.3 is 15.8 Å². The minimum Gasteiger partial charge on any atom is -0.381 e. The van der Waals surface area contributed by atoms with Gasteiger partial charge in [0.15, 0.2) is 0 Å². The molecule has 5 aliphatic rings. The van der Waals surface area contributed by atoms with E-state index in [-0.39, 0.29) is 10.8 Å². The molecule has 6 rings (SSSR count). The quantitative estimate of drug-likeness (QED) is 0.721. The van der Waals surface area contributed by atoms with E-state index in [9.17, 15) is 4.79 Å². The van der Waals surface area contributed by atoms with Gasteiger partial charge in [0.05, 0.1) is 12.0 Å². The Morgan fingerprint density at radius 2 is 1.77 bits per heavy atom. The average Bonchev–Trinajstić information content (AvgIpc) is 2.75. The molecule has 4 bridgehead atoms. The molecule has 0 aliphatic heterocycles. The van der Waals surface area contributed by atoms with Gasteiger partial charge in [0.25, 0.3) is 0 Å². The molecule has 1 amide bonds. The van der Waals surface area contributed by atoms with Crippen molar-refractivity contribution in [3.8, 4) is 0 Å². The van der Waals surface area contributed by atoms with E-state index in [0.717, 1.165) is 44.9 Å². The molecule has 1 aromatic carbocycles. The standard InChI is InChI=1S/C26H36N2O2/c1-30-12-11-23-18-13-25(20-5-3-2-4-6-20)14-19(23)16-26(15-18,17-25)24(29)28-22-9-7-21(27)8-10-22/h2-6,11,18-19,21-22H,7-10,12-17,27H2,1H3,(H,28,29)/t18?,19?,21-,22-,25?,26?. The van der Waals surface area contributed by atoms with Crippen LogP contribution in [-0.2, 0) is 14.9 Å². The Kier molecular flexibility index (Phi) is 5.27. The fourth-order valence-electron chi connectivity index (χ4n) is 7.45. The van der Waals surface area contributed by atoms with E-state index in [0.29, 0.717) is 36.4 Å². The maximum atomic E-state index is 13.8. The minimum absolute atomic E-state index is 0.143. The highest BCUT2D eigenvalue weighted by Crippen LogP contribution is 2.67. The van der Waals surface area contributed by atoms with Crippen molar-refractivity contribution in [1.82, 2.24) is 5.32 Å². The van der Waals surface area contributed by atoms with Crippen molar-refractivity contribution in [1.29, 1.82) is 0 Å². The lowest BCUT2D eigenvalue weighted by atomic mass is 9.41. The second-order valence-corrected chi connectivity index (χ2v) is 10.6. The number of amides is 1. The van der Waals surface area contributed by atoms with E-state index in [1.54, 1.807) is 12.7 Å². The Morgan fingerprint density at radius 3 is 2.40 bits per heavy atom. The Hall–Kier alpha value is -1.65. The molecule has 4 nitrogen and oxygen atoms in total. The van der Waals surface area contributed by atoms with Gasteiger partial charge in [0, 0.05) is 19.2 Å². The van der Waals surface area contributed by atoms with Gasteiger partial charge in [0.1, 0.15) is 0 Å². The van der Waals surface area contributed by atoms with Crippen molar-refractivity contribution in [2.45, 2.75) is 75.3 Å². The predicted octanol–water partition coefficient (Wildman–Crippen LogP) is 4.09. The van der Waals surface area contributed by atoms with Gasteiger partial charge in [-0.2, -0.15) is 0 Å². The summed E-state index contributed by atoms with van der Waals surface area (Å²) in [6.07, 6.45) is 11.8. The molecular weight excluding hydrogens is 372 g/mol. The van der Waals surface area contributed by atoms with Crippen molar-refractivity contribution in [3.63, 3.8) is 0 Å². The van der Waals surface area contributed by atoms with E-state index in [4.69, 9.17) is 10.5 Å². The van der Waals surface area contributed by atoms with Crippen LogP contribution >= 0.6 is 0 Å². The van der Waals surface area contributed by atoms with Crippen molar-refractivity contribution in [3.05, 3.63) is 47.5 Å². The first-order chi connectivity index (χ1) is 14.5. The fraction of sp³-hybridized carbons (Fsp3) is 0.654. The van der Waals surface area contributed by atoms with Crippen LogP contribution in [0.15, 0.2) is 42.0 Å². The van der Waals surface area contributed by atoms with Crippen LogP contribution in [0.3, 0.4) is 0 Å². The number of carbonyl (C=O) groups excluding carboxylic acids is 1. The molecule has 2 atom stereocenters. The second-order valence-electron chi connectivity index (χ2n) is 10.6. The highest BCUT2D eigenvalue weighted by atomic mass is 16.5. The largest absolute Gasteiger partial charge is 0.381 e. The molecule has 0 spiro atoms. The molecule has 2 unspecified atom stereocenters. The van der Waals surface area contributed by atoms with Crippen molar-refractivity contribution >= 4 is 5.91 Å². The zero-order valence-corrected chi connectivity index (χ0v) is 18.2. The monoisotopic (exact) mass is 408 g/mol. The lowest BCUT2D eigenvalue weighted by Crippen LogP contribution is -2.61. The molecule has 30 heavy (non-hydrogen) atoms. The van der Waals surface area contributed by atoms with E-state index >= 15 is 0 Å². The third-order valence-electron chi connectivity index (χ3n) is 8.63. The van der Waals surface area contributed by atoms with Crippen LogP contribution in [0.25, 0.3) is 0 Å². The molecule has 4 heteroatoms. The van der Waals surface area contributed by atoms with E-state index < -0.39 is 0 Å². The molecule has 1 aromatic rings. The number of allylic oxidation sites excluding steroid dienone is 1. The first kappa shape index (κ1) is 20.3. The lowest BCUT2D eigenvalue weighted by molar-refractivity contribution is -0.145. The SMILES string of the molecule is COCC=C1C2CC3(C(=O)N[C@H]4CC[C@H](N)CC4)CC1CC(c1ccccc1)(C2)C3. The number of methoxy groups -OCH3 is 1. The Morgan fingerprint density at radius 1 is 1.10 bits per heavy atom. The average molecular weight is 409 g/mol. The summed E-state index contributed by atoms with van der Waals surface area (Å²) in [5.41, 5.74) is 9.01. The first-order valence-corrected chi connectivity index (χ1v) is 11.8. The van der Waals surface area contributed by atoms with Crippen LogP contribution in [0.4, 0.5) is 0 Å². The molecule has 5 saturated carbocycles. The predicted molar refractivity (Wildman–Crippen MR) is 119 cm³/mol. The van der Waals surface area contributed by atoms with Gasteiger partial charge in [-0.05, 0) is 80.6 Å². The Labute approximate surface area is 180 Å². The number of hydrogen-bond acceptors (Lipinski definition) is 3. The number of nitrogens with two attached hydrogens (primary N) is 1. The topological polar surface area (TPSA) is 64.3 Å². The zero-order chi connectivity index (χ0) is 20.8. The Bertz CT molecular complexity index is 792. The summed E-state index contributed by atoms with van der Waals surface area (Å²) in [7, 11) is 1.77. The van der Waals surface area contributed by atoms with Gasteiger partial charge in [-0.25, -0.2) is 0 Å². The summed E-state index contributed by atoms with van der Waals surface area (Å²) in [4.78, 5) is 13.8. The van der Waals surface area contributed by atoms with Gasteiger partial charge in [-0.1, -0.05) is 42.0 Å². The van der Waals surface area contributed by atoms with Gasteiger partial charge in [-0.15, -0.1) is 0 Å². The third-order valence-corrected chi connectivity index (χ3v) is 8.63. The van der Waals surface area contributed by atoms with Gasteiger partial charge in [-0.3, -0.25) is 4.79 Å². The summed E-state index contributed by atoms with van der Waals surface area (Å²) in [5.74, 6) is 1.34. The molecule has 5 fully saturated rings. The molecule has 0 heterocycles. The molecule has 0 saturated heterocycles. The van der Waals surface area contributed by atoms with E-state index in [2.05, 4.69) is 41.7 Å². The number of carbonyl (C=O) groups is 1. The van der Waals surface area contributed by atoms with E-state index in [1.807, 2.05) is 0 Å². The summed E-state index contributed by atoms with van der Waals surface area (Å²) < 4.78 is 5.37. The zero-order valence-electron chi connectivity index (χ0n) is 18.2. The van der Waals surface area contributed by atoms with E-state index in [1.165, 1.54) is 18.4 Å². The van der Waals surface area contributed by atoms with Crippen LogP contribution in [-0.4, -0.2) is 31.7 Å². The molecule has 0 aromatic heterocycles. The first-order valence-electron chi connectivity index (χ1n) is 11.8. The minimum atomic E-state index is -0.217. The number of rotatable bonds is 5. The smallest absolute Gasteiger partial charge is 0.226 e. The van der Waals surface area contributed by atoms with Crippen molar-refractivity contribution < 1.29 is 9.53 Å².